The normalized spacial score (nSPS) is 11.1. The van der Waals surface area contributed by atoms with E-state index in [1.165, 1.54) is 18.0 Å². The molecular weight excluding hydrogens is 254 g/mol. The first-order chi connectivity index (χ1) is 8.33. The molecule has 0 unspecified atom stereocenters. The summed E-state index contributed by atoms with van der Waals surface area (Å²) in [6.07, 6.45) is 5.49. The third-order valence-corrected chi connectivity index (χ3v) is 4.12. The van der Waals surface area contributed by atoms with Gasteiger partial charge in [0.1, 0.15) is 0 Å². The van der Waals surface area contributed by atoms with Gasteiger partial charge in [-0.05, 0) is 17.8 Å². The maximum Gasteiger partial charge on any atom is 0.251 e. The maximum absolute atomic E-state index is 11.4. The van der Waals surface area contributed by atoms with Gasteiger partial charge in [-0.1, -0.05) is 0 Å². The van der Waals surface area contributed by atoms with E-state index >= 15 is 0 Å². The second-order valence-corrected chi connectivity index (χ2v) is 5.35. The predicted molar refractivity (Wildman–Crippen MR) is 68.0 cm³/mol. The van der Waals surface area contributed by atoms with Crippen LogP contribution >= 0.6 is 23.1 Å². The van der Waals surface area contributed by atoms with Crippen molar-refractivity contribution in [2.45, 2.75) is 10.8 Å². The van der Waals surface area contributed by atoms with Gasteiger partial charge in [0, 0.05) is 35.7 Å². The number of thioether (sulfide) groups is 1. The van der Waals surface area contributed by atoms with Gasteiger partial charge in [0.05, 0.1) is 5.69 Å². The molecule has 0 saturated heterocycles. The van der Waals surface area contributed by atoms with Crippen LogP contribution in [0.1, 0.15) is 5.69 Å². The Morgan fingerprint density at radius 2 is 2.41 bits per heavy atom. The molecule has 0 aliphatic rings. The number of aromatic nitrogens is 3. The first-order valence-electron chi connectivity index (χ1n) is 5.05. The molecule has 0 aliphatic heterocycles. The monoisotopic (exact) mass is 263 g/mol. The molecule has 0 spiro atoms. The van der Waals surface area contributed by atoms with Crippen molar-refractivity contribution >= 4 is 28.1 Å². The highest BCUT2D eigenvalue weighted by atomic mass is 32.2. The van der Waals surface area contributed by atoms with Crippen LogP contribution in [0.15, 0.2) is 47.2 Å². The van der Waals surface area contributed by atoms with Crippen molar-refractivity contribution < 1.29 is 4.73 Å². The van der Waals surface area contributed by atoms with Gasteiger partial charge in [0.25, 0.3) is 5.03 Å². The van der Waals surface area contributed by atoms with Gasteiger partial charge < -0.3 is 5.21 Å². The molecule has 0 N–H and O–H groups in total. The van der Waals surface area contributed by atoms with Crippen LogP contribution in [0.5, 0.6) is 0 Å². The van der Waals surface area contributed by atoms with Crippen molar-refractivity contribution in [3.8, 4) is 0 Å². The lowest BCUT2D eigenvalue weighted by Crippen LogP contribution is -2.27. The van der Waals surface area contributed by atoms with E-state index in [1.807, 2.05) is 34.3 Å². The van der Waals surface area contributed by atoms with Crippen LogP contribution < -0.4 is 4.73 Å². The summed E-state index contributed by atoms with van der Waals surface area (Å²) in [7, 11) is 0. The SMILES string of the molecule is [O-][n+]1ccccc1SCc1cn2ccsc2n1. The van der Waals surface area contributed by atoms with Crippen LogP contribution in [-0.2, 0) is 5.75 Å². The Hall–Kier alpha value is -1.53. The first-order valence-corrected chi connectivity index (χ1v) is 6.91. The Labute approximate surface area is 106 Å². The topological polar surface area (TPSA) is 44.2 Å². The zero-order valence-corrected chi connectivity index (χ0v) is 10.4. The van der Waals surface area contributed by atoms with Crippen LogP contribution in [0, 0.1) is 5.21 Å². The third-order valence-electron chi connectivity index (χ3n) is 2.30. The molecule has 0 saturated carbocycles. The van der Waals surface area contributed by atoms with Crippen molar-refractivity contribution in [3.05, 3.63) is 53.1 Å². The zero-order valence-electron chi connectivity index (χ0n) is 8.81. The number of imidazole rings is 1. The highest BCUT2D eigenvalue weighted by Crippen LogP contribution is 2.20. The molecule has 0 fully saturated rings. The Morgan fingerprint density at radius 1 is 1.47 bits per heavy atom. The quantitative estimate of drug-likeness (QED) is 0.414. The van der Waals surface area contributed by atoms with Crippen molar-refractivity contribution in [3.63, 3.8) is 0 Å². The second kappa shape index (κ2) is 4.38. The minimum atomic E-state index is 0.698. The molecule has 6 heteroatoms. The fraction of sp³-hybridized carbons (Fsp3) is 0.0909. The Kier molecular flexibility index (Phi) is 2.74. The highest BCUT2D eigenvalue weighted by molar-refractivity contribution is 7.98. The molecule has 0 aliphatic carbocycles. The average Bonchev–Trinajstić information content (AvgIpc) is 2.88. The fourth-order valence-corrected chi connectivity index (χ4v) is 3.03. The van der Waals surface area contributed by atoms with E-state index in [-0.39, 0.29) is 0 Å². The number of hydrogen-bond donors (Lipinski definition) is 0. The van der Waals surface area contributed by atoms with E-state index < -0.39 is 0 Å². The summed E-state index contributed by atoms with van der Waals surface area (Å²) in [5.74, 6) is 0.709. The van der Waals surface area contributed by atoms with Crippen LogP contribution in [0.3, 0.4) is 0 Å². The third kappa shape index (κ3) is 2.13. The Morgan fingerprint density at radius 3 is 3.24 bits per heavy atom. The number of nitrogens with zero attached hydrogens (tertiary/aromatic N) is 3. The number of hydrogen-bond acceptors (Lipinski definition) is 4. The van der Waals surface area contributed by atoms with Gasteiger partial charge in [0.15, 0.2) is 11.2 Å². The molecule has 0 atom stereocenters. The molecule has 3 aromatic rings. The largest absolute Gasteiger partial charge is 0.618 e. The lowest BCUT2D eigenvalue weighted by atomic mass is 10.5. The van der Waals surface area contributed by atoms with Crippen molar-refractivity contribution in [2.75, 3.05) is 0 Å². The van der Waals surface area contributed by atoms with Gasteiger partial charge in [-0.15, -0.1) is 11.3 Å². The number of rotatable bonds is 3. The molecule has 0 aromatic carbocycles. The van der Waals surface area contributed by atoms with E-state index in [1.54, 1.807) is 17.4 Å². The predicted octanol–water partition coefficient (Wildman–Crippen LogP) is 2.32. The molecule has 0 amide bonds. The number of pyridine rings is 1. The van der Waals surface area contributed by atoms with Crippen molar-refractivity contribution in [1.82, 2.24) is 9.38 Å². The van der Waals surface area contributed by atoms with E-state index in [9.17, 15) is 5.21 Å². The molecule has 3 rings (SSSR count). The summed E-state index contributed by atoms with van der Waals surface area (Å²) in [5.41, 5.74) is 0.991. The fourth-order valence-electron chi connectivity index (χ4n) is 1.52. The highest BCUT2D eigenvalue weighted by Gasteiger charge is 2.07. The molecule has 0 radical (unpaired) electrons. The van der Waals surface area contributed by atoms with Gasteiger partial charge >= 0.3 is 0 Å². The van der Waals surface area contributed by atoms with E-state index in [0.29, 0.717) is 10.8 Å². The summed E-state index contributed by atoms with van der Waals surface area (Å²) in [4.78, 5) is 5.46. The smallest absolute Gasteiger partial charge is 0.251 e. The van der Waals surface area contributed by atoms with E-state index in [2.05, 4.69) is 4.98 Å². The standard InChI is InChI=1S/C11H9N3OS2/c15-14-4-2-1-3-10(14)17-8-9-7-13-5-6-16-11(13)12-9/h1-7H,8H2. The maximum atomic E-state index is 11.4. The van der Waals surface area contributed by atoms with Gasteiger partial charge in [-0.3, -0.25) is 4.40 Å². The van der Waals surface area contributed by atoms with E-state index in [0.717, 1.165) is 15.4 Å². The average molecular weight is 263 g/mol. The molecule has 0 bridgehead atoms. The summed E-state index contributed by atoms with van der Waals surface area (Å²) >= 11 is 3.11. The molecule has 3 heterocycles. The summed E-state index contributed by atoms with van der Waals surface area (Å²) in [6, 6.07) is 5.40. The van der Waals surface area contributed by atoms with Gasteiger partial charge in [0.2, 0.25) is 0 Å². The molecule has 4 nitrogen and oxygen atoms in total. The van der Waals surface area contributed by atoms with Gasteiger partial charge in [-0.25, -0.2) is 4.98 Å². The van der Waals surface area contributed by atoms with Crippen LogP contribution in [0.25, 0.3) is 4.96 Å². The zero-order chi connectivity index (χ0) is 11.7. The number of fused-ring (bicyclic) bond motifs is 1. The second-order valence-electron chi connectivity index (χ2n) is 3.48. The minimum Gasteiger partial charge on any atom is -0.618 e. The van der Waals surface area contributed by atoms with E-state index in [4.69, 9.17) is 0 Å². The van der Waals surface area contributed by atoms with Gasteiger partial charge in [-0.2, -0.15) is 4.73 Å². The van der Waals surface area contributed by atoms with Crippen LogP contribution in [-0.4, -0.2) is 9.38 Å². The minimum absolute atomic E-state index is 0.698. The summed E-state index contributed by atoms with van der Waals surface area (Å²) in [5, 5.41) is 14.1. The first kappa shape index (κ1) is 10.6. The Balaban J connectivity index is 1.76. The molecular formula is C11H9N3OS2. The van der Waals surface area contributed by atoms with Crippen LogP contribution in [0.2, 0.25) is 0 Å². The number of thiazole rings is 1. The lowest BCUT2D eigenvalue weighted by molar-refractivity contribution is -0.645. The molecule has 17 heavy (non-hydrogen) atoms. The molecule has 3 aromatic heterocycles. The summed E-state index contributed by atoms with van der Waals surface area (Å²) < 4.78 is 2.87. The lowest BCUT2D eigenvalue weighted by Gasteiger charge is -2.01. The summed E-state index contributed by atoms with van der Waals surface area (Å²) in [6.45, 7) is 0. The molecule has 86 valence electrons. The van der Waals surface area contributed by atoms with Crippen LogP contribution in [0.4, 0.5) is 0 Å². The van der Waals surface area contributed by atoms with Crippen molar-refractivity contribution in [1.29, 1.82) is 0 Å². The Bertz CT molecular complexity index is 618. The van der Waals surface area contributed by atoms with Crippen molar-refractivity contribution in [2.24, 2.45) is 0 Å².